The lowest BCUT2D eigenvalue weighted by Crippen LogP contribution is -2.30. The van der Waals surface area contributed by atoms with Gasteiger partial charge in [-0.3, -0.25) is 0 Å². The Morgan fingerprint density at radius 2 is 2.10 bits per heavy atom. The van der Waals surface area contributed by atoms with E-state index in [0.717, 1.165) is 16.2 Å². The first-order valence-corrected chi connectivity index (χ1v) is 10.2. The fraction of sp³-hybridized carbons (Fsp3) is 0.333. The number of halogens is 2. The molecule has 0 amide bonds. The van der Waals surface area contributed by atoms with Gasteiger partial charge in [0, 0.05) is 4.88 Å². The van der Waals surface area contributed by atoms with Crippen LogP contribution in [0.4, 0.5) is 0 Å². The van der Waals surface area contributed by atoms with E-state index in [1.54, 1.807) is 11.3 Å². The molecule has 0 aliphatic rings. The minimum absolute atomic E-state index is 0.155. The largest absolute Gasteiger partial charge is 0.250 e. The first kappa shape index (κ1) is 16.5. The van der Waals surface area contributed by atoms with E-state index in [-0.39, 0.29) is 16.2 Å². The monoisotopic (exact) mass is 413 g/mol. The van der Waals surface area contributed by atoms with E-state index in [1.165, 1.54) is 6.07 Å². The van der Waals surface area contributed by atoms with Gasteiger partial charge in [0.15, 0.2) is 0 Å². The van der Waals surface area contributed by atoms with E-state index in [9.17, 15) is 8.42 Å². The highest BCUT2D eigenvalue weighted by molar-refractivity contribution is 9.11. The molecule has 0 aromatic carbocycles. The summed E-state index contributed by atoms with van der Waals surface area (Å²) in [6.45, 7) is 3.98. The molecule has 1 atom stereocenters. The number of sulfonamides is 1. The zero-order chi connectivity index (χ0) is 14.9. The Morgan fingerprint density at radius 1 is 1.40 bits per heavy atom. The van der Waals surface area contributed by atoms with E-state index >= 15 is 0 Å². The van der Waals surface area contributed by atoms with Crippen molar-refractivity contribution in [2.75, 3.05) is 0 Å². The minimum Gasteiger partial charge on any atom is -0.206 e. The summed E-state index contributed by atoms with van der Waals surface area (Å²) in [4.78, 5) is 1.00. The van der Waals surface area contributed by atoms with Crippen LogP contribution in [0.15, 0.2) is 31.6 Å². The van der Waals surface area contributed by atoms with Gasteiger partial charge in [-0.2, -0.15) is 0 Å². The maximum Gasteiger partial charge on any atom is 0.250 e. The van der Waals surface area contributed by atoms with Gasteiger partial charge < -0.3 is 0 Å². The van der Waals surface area contributed by atoms with Crippen LogP contribution < -0.4 is 4.72 Å². The van der Waals surface area contributed by atoms with Crippen LogP contribution in [0.5, 0.6) is 0 Å². The lowest BCUT2D eigenvalue weighted by Gasteiger charge is -2.20. The number of hydrogen-bond acceptors (Lipinski definition) is 4. The number of thiophene rings is 2. The first-order chi connectivity index (χ1) is 9.31. The molecular weight excluding hydrogens is 402 g/mol. The van der Waals surface area contributed by atoms with Gasteiger partial charge in [-0.1, -0.05) is 31.5 Å². The fourth-order valence-corrected chi connectivity index (χ4v) is 6.48. The molecule has 0 bridgehead atoms. The summed E-state index contributed by atoms with van der Waals surface area (Å²) in [5, 5.41) is 2.35. The highest BCUT2D eigenvalue weighted by atomic mass is 79.9. The molecule has 1 unspecified atom stereocenters. The van der Waals surface area contributed by atoms with Crippen LogP contribution in [-0.4, -0.2) is 8.42 Å². The molecule has 0 spiro atoms. The molecule has 3 nitrogen and oxygen atoms in total. The van der Waals surface area contributed by atoms with Crippen LogP contribution in [-0.2, 0) is 10.0 Å². The molecule has 20 heavy (non-hydrogen) atoms. The molecule has 2 aromatic heterocycles. The summed E-state index contributed by atoms with van der Waals surface area (Å²) in [6, 6.07) is 5.08. The smallest absolute Gasteiger partial charge is 0.206 e. The normalized spacial score (nSPS) is 13.8. The SMILES string of the molecule is CC(C)C(NS(=O)(=O)c1cc(Cl)c(Br)s1)c1cccs1. The lowest BCUT2D eigenvalue weighted by molar-refractivity contribution is 0.469. The van der Waals surface area contributed by atoms with Gasteiger partial charge in [0.1, 0.15) is 4.21 Å². The van der Waals surface area contributed by atoms with Crippen LogP contribution in [0, 0.1) is 5.92 Å². The average Bonchev–Trinajstić information content (AvgIpc) is 2.97. The predicted octanol–water partition coefficient (Wildman–Crippen LogP) is 4.90. The van der Waals surface area contributed by atoms with Gasteiger partial charge in [-0.15, -0.1) is 22.7 Å². The maximum atomic E-state index is 12.4. The third-order valence-corrected chi connectivity index (χ3v) is 8.03. The Hall–Kier alpha value is 0.0800. The molecule has 0 saturated heterocycles. The van der Waals surface area contributed by atoms with Crippen LogP contribution in [0.1, 0.15) is 24.8 Å². The van der Waals surface area contributed by atoms with E-state index in [4.69, 9.17) is 11.6 Å². The van der Waals surface area contributed by atoms with Gasteiger partial charge in [0.25, 0.3) is 10.0 Å². The highest BCUT2D eigenvalue weighted by Crippen LogP contribution is 2.36. The molecule has 0 radical (unpaired) electrons. The maximum absolute atomic E-state index is 12.4. The lowest BCUT2D eigenvalue weighted by atomic mass is 10.0. The van der Waals surface area contributed by atoms with Crippen molar-refractivity contribution in [2.45, 2.75) is 24.1 Å². The van der Waals surface area contributed by atoms with Crippen molar-refractivity contribution in [3.63, 3.8) is 0 Å². The minimum atomic E-state index is -3.57. The molecule has 110 valence electrons. The molecule has 8 heteroatoms. The van der Waals surface area contributed by atoms with Gasteiger partial charge in [0.2, 0.25) is 0 Å². The van der Waals surface area contributed by atoms with Crippen LogP contribution >= 0.6 is 50.2 Å². The molecule has 0 aliphatic carbocycles. The Morgan fingerprint density at radius 3 is 2.55 bits per heavy atom. The average molecular weight is 415 g/mol. The quantitative estimate of drug-likeness (QED) is 0.756. The molecule has 1 N–H and O–H groups in total. The van der Waals surface area contributed by atoms with Gasteiger partial charge in [0.05, 0.1) is 14.9 Å². The van der Waals surface area contributed by atoms with Gasteiger partial charge in [-0.05, 0) is 39.4 Å². The Bertz CT molecular complexity index is 660. The molecule has 0 aliphatic heterocycles. The highest BCUT2D eigenvalue weighted by Gasteiger charge is 2.26. The second-order valence-corrected chi connectivity index (χ2v) is 10.2. The number of rotatable bonds is 5. The van der Waals surface area contributed by atoms with Crippen molar-refractivity contribution < 1.29 is 8.42 Å². The van der Waals surface area contributed by atoms with Crippen molar-refractivity contribution >= 4 is 60.2 Å². The van der Waals surface area contributed by atoms with Crippen LogP contribution in [0.25, 0.3) is 0 Å². The molecule has 0 saturated carbocycles. The molecular formula is C12H13BrClNO2S3. The third-order valence-electron chi connectivity index (χ3n) is 2.69. The van der Waals surface area contributed by atoms with E-state index in [2.05, 4.69) is 20.7 Å². The second kappa shape index (κ2) is 6.46. The summed E-state index contributed by atoms with van der Waals surface area (Å²) < 4.78 is 28.5. The van der Waals surface area contributed by atoms with E-state index in [1.807, 2.05) is 31.4 Å². The third kappa shape index (κ3) is 3.64. The Kier molecular flexibility index (Phi) is 5.31. The molecule has 0 fully saturated rings. The standard InChI is InChI=1S/C12H13BrClNO2S3/c1-7(2)11(9-4-3-5-18-9)15-20(16,17)10-6-8(14)12(13)19-10/h3-7,11,15H,1-2H3. The predicted molar refractivity (Wildman–Crippen MR) is 89.2 cm³/mol. The van der Waals surface area contributed by atoms with E-state index < -0.39 is 10.0 Å². The number of nitrogens with one attached hydrogen (secondary N) is 1. The number of hydrogen-bond donors (Lipinski definition) is 1. The van der Waals surface area contributed by atoms with Crippen molar-refractivity contribution in [1.82, 2.24) is 4.72 Å². The topological polar surface area (TPSA) is 46.2 Å². The van der Waals surface area contributed by atoms with Crippen molar-refractivity contribution in [3.05, 3.63) is 37.3 Å². The fourth-order valence-electron chi connectivity index (χ4n) is 1.68. The van der Waals surface area contributed by atoms with Gasteiger partial charge in [-0.25, -0.2) is 13.1 Å². The van der Waals surface area contributed by atoms with Crippen LogP contribution in [0.3, 0.4) is 0 Å². The second-order valence-electron chi connectivity index (χ2n) is 4.55. The van der Waals surface area contributed by atoms with E-state index in [0.29, 0.717) is 8.81 Å². The molecule has 2 aromatic rings. The summed E-state index contributed by atoms with van der Waals surface area (Å²) in [7, 11) is -3.57. The first-order valence-electron chi connectivity index (χ1n) is 5.82. The molecule has 2 heterocycles. The summed E-state index contributed by atoms with van der Waals surface area (Å²) in [5.41, 5.74) is 0. The van der Waals surface area contributed by atoms with Crippen molar-refractivity contribution in [3.8, 4) is 0 Å². The van der Waals surface area contributed by atoms with Gasteiger partial charge >= 0.3 is 0 Å². The Labute approximate surface area is 140 Å². The summed E-state index contributed by atoms with van der Waals surface area (Å²) >= 11 is 11.8. The molecule has 2 rings (SSSR count). The van der Waals surface area contributed by atoms with Crippen LogP contribution in [0.2, 0.25) is 5.02 Å². The summed E-state index contributed by atoms with van der Waals surface area (Å²) in [5.74, 6) is 0.155. The summed E-state index contributed by atoms with van der Waals surface area (Å²) in [6.07, 6.45) is 0. The Balaban J connectivity index is 2.30. The van der Waals surface area contributed by atoms with Crippen molar-refractivity contribution in [2.24, 2.45) is 5.92 Å². The zero-order valence-corrected chi connectivity index (χ0v) is 15.6. The van der Waals surface area contributed by atoms with Crippen molar-refractivity contribution in [1.29, 1.82) is 0 Å². The zero-order valence-electron chi connectivity index (χ0n) is 10.8.